The number of carbonyl (C=O) groups is 1. The summed E-state index contributed by atoms with van der Waals surface area (Å²) in [5.41, 5.74) is 1.16. The van der Waals surface area contributed by atoms with E-state index in [0.29, 0.717) is 22.9 Å². The van der Waals surface area contributed by atoms with E-state index in [1.807, 2.05) is 32.0 Å². The van der Waals surface area contributed by atoms with Crippen LogP contribution < -0.4 is 15.6 Å². The number of halogens is 2. The molecule has 0 fully saturated rings. The first-order valence-electron chi connectivity index (χ1n) is 9.09. The average Bonchev–Trinajstić information content (AvgIpc) is 2.68. The summed E-state index contributed by atoms with van der Waals surface area (Å²) < 4.78 is 7.16. The van der Waals surface area contributed by atoms with E-state index in [9.17, 15) is 9.59 Å². The minimum atomic E-state index is -0.275. The molecule has 152 valence electrons. The van der Waals surface area contributed by atoms with Crippen molar-refractivity contribution in [2.24, 2.45) is 0 Å². The Labute approximate surface area is 177 Å². The lowest BCUT2D eigenvalue weighted by atomic mass is 10.1. The van der Waals surface area contributed by atoms with E-state index in [1.165, 1.54) is 6.20 Å². The molecule has 29 heavy (non-hydrogen) atoms. The molecule has 9 heteroatoms. The van der Waals surface area contributed by atoms with E-state index < -0.39 is 0 Å². The maximum absolute atomic E-state index is 12.8. The highest BCUT2D eigenvalue weighted by Crippen LogP contribution is 2.28. The van der Waals surface area contributed by atoms with Gasteiger partial charge in [-0.1, -0.05) is 18.5 Å². The maximum atomic E-state index is 12.8. The van der Waals surface area contributed by atoms with E-state index in [-0.39, 0.29) is 35.0 Å². The van der Waals surface area contributed by atoms with E-state index in [1.54, 1.807) is 17.6 Å². The van der Waals surface area contributed by atoms with Gasteiger partial charge in [0.05, 0.1) is 11.7 Å². The molecular weight excluding hydrogens is 415 g/mol. The van der Waals surface area contributed by atoms with Crippen molar-refractivity contribution >= 4 is 51.4 Å². The van der Waals surface area contributed by atoms with Crippen LogP contribution in [0.1, 0.15) is 33.2 Å². The van der Waals surface area contributed by atoms with Crippen molar-refractivity contribution in [3.63, 3.8) is 0 Å². The number of benzene rings is 1. The Morgan fingerprint density at radius 2 is 2.03 bits per heavy atom. The number of anilines is 2. The third-order valence-corrected chi connectivity index (χ3v) is 4.74. The quantitative estimate of drug-likeness (QED) is 0.538. The fourth-order valence-electron chi connectivity index (χ4n) is 2.84. The molecule has 0 aliphatic rings. The fraction of sp³-hybridized carbons (Fsp3) is 0.300. The lowest BCUT2D eigenvalue weighted by molar-refractivity contribution is -0.120. The van der Waals surface area contributed by atoms with Crippen molar-refractivity contribution < 1.29 is 9.53 Å². The van der Waals surface area contributed by atoms with Crippen LogP contribution in [0.3, 0.4) is 0 Å². The lowest BCUT2D eigenvalue weighted by Gasteiger charge is -2.17. The number of ether oxygens (including phenoxy) is 1. The lowest BCUT2D eigenvalue weighted by Crippen LogP contribution is -2.25. The second-order valence-corrected chi connectivity index (χ2v) is 7.44. The molecule has 0 bridgehead atoms. The molecular formula is C20H20Cl2N4O3. The molecule has 0 saturated carbocycles. The predicted octanol–water partition coefficient (Wildman–Crippen LogP) is 4.78. The second-order valence-electron chi connectivity index (χ2n) is 6.69. The molecule has 0 radical (unpaired) electrons. The first-order chi connectivity index (χ1) is 13.8. The van der Waals surface area contributed by atoms with Gasteiger partial charge in [0.1, 0.15) is 11.6 Å². The minimum absolute atomic E-state index is 0.0719. The van der Waals surface area contributed by atoms with Gasteiger partial charge in [0.2, 0.25) is 5.28 Å². The number of rotatable bonds is 7. The van der Waals surface area contributed by atoms with Crippen molar-refractivity contribution in [3.8, 4) is 5.75 Å². The van der Waals surface area contributed by atoms with E-state index in [0.717, 1.165) is 10.9 Å². The second kappa shape index (κ2) is 8.80. The van der Waals surface area contributed by atoms with E-state index in [2.05, 4.69) is 15.3 Å². The van der Waals surface area contributed by atoms with Gasteiger partial charge in [0.25, 0.3) is 5.56 Å². The number of Topliss-reactive ketones (excluding diaryl/α,β-unsaturated/α-hetero) is 1. The normalized spacial score (nSPS) is 11.1. The number of ketones is 1. The summed E-state index contributed by atoms with van der Waals surface area (Å²) in [6.07, 6.45) is 1.76. The molecule has 3 aromatic rings. The molecule has 0 saturated heterocycles. The zero-order valence-electron chi connectivity index (χ0n) is 16.2. The number of nitrogens with zero attached hydrogens (tertiary/aromatic N) is 3. The number of aromatic nitrogens is 3. The van der Waals surface area contributed by atoms with Gasteiger partial charge in [-0.2, -0.15) is 4.98 Å². The van der Waals surface area contributed by atoms with Gasteiger partial charge in [0, 0.05) is 23.5 Å². The first kappa shape index (κ1) is 21.1. The van der Waals surface area contributed by atoms with Crippen molar-refractivity contribution in [1.29, 1.82) is 0 Å². The van der Waals surface area contributed by atoms with Gasteiger partial charge in [-0.3, -0.25) is 9.59 Å². The molecule has 0 unspecified atom stereocenters. The Kier molecular flexibility index (Phi) is 6.39. The molecule has 7 nitrogen and oxygen atoms in total. The van der Waals surface area contributed by atoms with Crippen LogP contribution >= 0.6 is 23.2 Å². The van der Waals surface area contributed by atoms with E-state index in [4.69, 9.17) is 27.9 Å². The molecule has 0 aliphatic heterocycles. The van der Waals surface area contributed by atoms with Gasteiger partial charge >= 0.3 is 0 Å². The number of carbonyl (C=O) groups excluding carboxylic acids is 1. The van der Waals surface area contributed by atoms with Crippen molar-refractivity contribution in [2.75, 3.05) is 11.9 Å². The molecule has 0 spiro atoms. The minimum Gasteiger partial charge on any atom is -0.480 e. The predicted molar refractivity (Wildman–Crippen MR) is 115 cm³/mol. The Hall–Kier alpha value is -2.64. The molecule has 2 aromatic heterocycles. The Morgan fingerprint density at radius 1 is 1.28 bits per heavy atom. The maximum Gasteiger partial charge on any atom is 0.293 e. The number of nitrogens with one attached hydrogen (secondary N) is 1. The molecule has 0 aliphatic carbocycles. The molecule has 1 N–H and O–H groups in total. The van der Waals surface area contributed by atoms with Gasteiger partial charge < -0.3 is 14.6 Å². The molecule has 0 atom stereocenters. The van der Waals surface area contributed by atoms with Crippen molar-refractivity contribution in [1.82, 2.24) is 14.5 Å². The Morgan fingerprint density at radius 3 is 2.72 bits per heavy atom. The average molecular weight is 435 g/mol. The van der Waals surface area contributed by atoms with Crippen LogP contribution in [0.2, 0.25) is 10.3 Å². The summed E-state index contributed by atoms with van der Waals surface area (Å²) in [6.45, 7) is 5.44. The van der Waals surface area contributed by atoms with Gasteiger partial charge in [-0.15, -0.1) is 0 Å². The Bertz CT molecular complexity index is 1130. The first-order valence-corrected chi connectivity index (χ1v) is 9.84. The summed E-state index contributed by atoms with van der Waals surface area (Å²) in [5.74, 6) is 0.424. The van der Waals surface area contributed by atoms with Crippen LogP contribution in [0, 0.1) is 0 Å². The number of fused-ring (bicyclic) bond motifs is 1. The largest absolute Gasteiger partial charge is 0.480 e. The SMILES string of the molecule is CCC(=O)COc1cc2cc(Nc3nc(Cl)ncc3Cl)ccc2n(C(C)C)c1=O. The highest BCUT2D eigenvalue weighted by Gasteiger charge is 2.15. The van der Waals surface area contributed by atoms with Crippen molar-refractivity contribution in [3.05, 3.63) is 51.1 Å². The zero-order chi connectivity index (χ0) is 21.1. The van der Waals surface area contributed by atoms with Gasteiger partial charge in [-0.05, 0) is 49.7 Å². The molecule has 1 aromatic carbocycles. The van der Waals surface area contributed by atoms with E-state index >= 15 is 0 Å². The highest BCUT2D eigenvalue weighted by atomic mass is 35.5. The monoisotopic (exact) mass is 434 g/mol. The summed E-state index contributed by atoms with van der Waals surface area (Å²) in [6, 6.07) is 7.03. The topological polar surface area (TPSA) is 86.1 Å². The summed E-state index contributed by atoms with van der Waals surface area (Å²) in [7, 11) is 0. The molecule has 2 heterocycles. The van der Waals surface area contributed by atoms with Crippen LogP contribution in [0.5, 0.6) is 5.75 Å². The smallest absolute Gasteiger partial charge is 0.293 e. The van der Waals surface area contributed by atoms with Crippen LogP contribution in [0.15, 0.2) is 35.3 Å². The van der Waals surface area contributed by atoms with Crippen LogP contribution in [0.25, 0.3) is 10.9 Å². The summed E-state index contributed by atoms with van der Waals surface area (Å²) >= 11 is 12.0. The number of hydrogen-bond donors (Lipinski definition) is 1. The number of pyridine rings is 1. The summed E-state index contributed by atoms with van der Waals surface area (Å²) in [5, 5.41) is 4.25. The van der Waals surface area contributed by atoms with Crippen LogP contribution in [0.4, 0.5) is 11.5 Å². The Balaban J connectivity index is 2.06. The number of hydrogen-bond acceptors (Lipinski definition) is 6. The highest BCUT2D eigenvalue weighted by molar-refractivity contribution is 6.33. The molecule has 0 amide bonds. The standard InChI is InChI=1S/C20H20Cl2N4O3/c1-4-14(27)10-29-17-8-12-7-13(24-18-15(21)9-23-20(22)25-18)5-6-16(12)26(11(2)3)19(17)28/h5-9,11H,4,10H2,1-3H3,(H,23,24,25). The third-order valence-electron chi connectivity index (χ3n) is 4.28. The fourth-order valence-corrected chi connectivity index (χ4v) is 3.12. The van der Waals surface area contributed by atoms with Gasteiger partial charge in [0.15, 0.2) is 17.4 Å². The third kappa shape index (κ3) is 4.68. The summed E-state index contributed by atoms with van der Waals surface area (Å²) in [4.78, 5) is 32.4. The van der Waals surface area contributed by atoms with Crippen LogP contribution in [-0.4, -0.2) is 26.9 Å². The van der Waals surface area contributed by atoms with Gasteiger partial charge in [-0.25, -0.2) is 4.98 Å². The van der Waals surface area contributed by atoms with Crippen LogP contribution in [-0.2, 0) is 4.79 Å². The molecule has 3 rings (SSSR count). The zero-order valence-corrected chi connectivity index (χ0v) is 17.7. The van der Waals surface area contributed by atoms with Crippen molar-refractivity contribution in [2.45, 2.75) is 33.2 Å².